The Kier molecular flexibility index (Phi) is 5.19. The van der Waals surface area contributed by atoms with Crippen LogP contribution in [0.2, 0.25) is 0 Å². The van der Waals surface area contributed by atoms with Gasteiger partial charge in [-0.3, -0.25) is 4.79 Å². The molecule has 0 aliphatic rings. The van der Waals surface area contributed by atoms with E-state index in [1.54, 1.807) is 42.5 Å². The van der Waals surface area contributed by atoms with Crippen LogP contribution in [0, 0.1) is 0 Å². The fraction of sp³-hybridized carbons (Fsp3) is 0.176. The number of primary amides is 1. The Morgan fingerprint density at radius 3 is 2.30 bits per heavy atom. The molecule has 0 saturated carbocycles. The van der Waals surface area contributed by atoms with E-state index in [0.29, 0.717) is 22.6 Å². The largest absolute Gasteiger partial charge is 0.497 e. The lowest BCUT2D eigenvalue weighted by Gasteiger charge is -2.12. The molecule has 0 aliphatic heterocycles. The van der Waals surface area contributed by atoms with Crippen molar-refractivity contribution >= 4 is 11.9 Å². The lowest BCUT2D eigenvalue weighted by Crippen LogP contribution is -2.11. The van der Waals surface area contributed by atoms with E-state index in [4.69, 9.17) is 19.9 Å². The van der Waals surface area contributed by atoms with Crippen molar-refractivity contribution in [3.05, 3.63) is 59.2 Å². The maximum absolute atomic E-state index is 11.8. The van der Waals surface area contributed by atoms with E-state index in [9.17, 15) is 9.59 Å². The molecular weight excluding hydrogens is 298 g/mol. The van der Waals surface area contributed by atoms with Crippen molar-refractivity contribution in [3.63, 3.8) is 0 Å². The Hall–Kier alpha value is -3.02. The zero-order valence-corrected chi connectivity index (χ0v) is 12.9. The Morgan fingerprint density at radius 1 is 1.04 bits per heavy atom. The van der Waals surface area contributed by atoms with Crippen LogP contribution in [0.25, 0.3) is 0 Å². The third-order valence-electron chi connectivity index (χ3n) is 3.23. The van der Waals surface area contributed by atoms with Gasteiger partial charge in [0.2, 0.25) is 5.91 Å². The van der Waals surface area contributed by atoms with Gasteiger partial charge >= 0.3 is 5.97 Å². The number of esters is 1. The van der Waals surface area contributed by atoms with Gasteiger partial charge in [0.25, 0.3) is 0 Å². The summed E-state index contributed by atoms with van der Waals surface area (Å²) < 4.78 is 15.6. The molecule has 120 valence electrons. The normalized spacial score (nSPS) is 10.0. The molecule has 0 spiro atoms. The summed E-state index contributed by atoms with van der Waals surface area (Å²) in [6, 6.07) is 11.6. The number of benzene rings is 2. The van der Waals surface area contributed by atoms with Crippen LogP contribution in [-0.2, 0) is 11.3 Å². The van der Waals surface area contributed by atoms with Gasteiger partial charge < -0.3 is 19.9 Å². The molecule has 2 rings (SSSR count). The summed E-state index contributed by atoms with van der Waals surface area (Å²) in [5.74, 6) is -0.0584. The lowest BCUT2D eigenvalue weighted by atomic mass is 10.1. The van der Waals surface area contributed by atoms with Gasteiger partial charge in [-0.2, -0.15) is 0 Å². The van der Waals surface area contributed by atoms with E-state index < -0.39 is 11.9 Å². The molecule has 0 saturated heterocycles. The predicted octanol–water partition coefficient (Wildman–Crippen LogP) is 2.16. The van der Waals surface area contributed by atoms with E-state index in [2.05, 4.69) is 0 Å². The molecule has 0 aromatic heterocycles. The maximum atomic E-state index is 11.8. The zero-order valence-electron chi connectivity index (χ0n) is 12.9. The summed E-state index contributed by atoms with van der Waals surface area (Å²) in [6.07, 6.45) is 0. The first-order valence-corrected chi connectivity index (χ1v) is 6.83. The van der Waals surface area contributed by atoms with Crippen LogP contribution in [0.4, 0.5) is 0 Å². The number of rotatable bonds is 6. The first-order chi connectivity index (χ1) is 11.0. The zero-order chi connectivity index (χ0) is 16.8. The van der Waals surface area contributed by atoms with Gasteiger partial charge in [0.05, 0.1) is 14.2 Å². The maximum Gasteiger partial charge on any atom is 0.341 e. The highest BCUT2D eigenvalue weighted by atomic mass is 16.5. The molecule has 0 unspecified atom stereocenters. The van der Waals surface area contributed by atoms with Gasteiger partial charge in [-0.05, 0) is 29.8 Å². The van der Waals surface area contributed by atoms with Crippen LogP contribution < -0.4 is 15.2 Å². The summed E-state index contributed by atoms with van der Waals surface area (Å²) in [6.45, 7) is 0.218. The number of carbonyl (C=O) groups excluding carboxylic acids is 2. The second kappa shape index (κ2) is 7.31. The molecule has 0 atom stereocenters. The number of ether oxygens (including phenoxy) is 3. The molecule has 2 N–H and O–H groups in total. The SMILES string of the molecule is COC(=O)c1ccc(OC)cc1OCc1ccc(C(N)=O)cc1. The molecule has 6 nitrogen and oxygen atoms in total. The van der Waals surface area contributed by atoms with Crippen LogP contribution >= 0.6 is 0 Å². The van der Waals surface area contributed by atoms with Crippen LogP contribution in [-0.4, -0.2) is 26.1 Å². The Labute approximate surface area is 133 Å². The third kappa shape index (κ3) is 4.00. The molecule has 0 radical (unpaired) electrons. The monoisotopic (exact) mass is 315 g/mol. The van der Waals surface area contributed by atoms with Crippen molar-refractivity contribution in [1.82, 2.24) is 0 Å². The first kappa shape index (κ1) is 16.4. The second-order valence-corrected chi connectivity index (χ2v) is 4.70. The predicted molar refractivity (Wildman–Crippen MR) is 83.6 cm³/mol. The number of amides is 1. The van der Waals surface area contributed by atoms with Gasteiger partial charge in [-0.25, -0.2) is 4.79 Å². The lowest BCUT2D eigenvalue weighted by molar-refractivity contribution is 0.0595. The molecule has 0 fully saturated rings. The summed E-state index contributed by atoms with van der Waals surface area (Å²) in [5, 5.41) is 0. The number of nitrogens with two attached hydrogens (primary N) is 1. The number of methoxy groups -OCH3 is 2. The van der Waals surface area contributed by atoms with E-state index >= 15 is 0 Å². The van der Waals surface area contributed by atoms with Gasteiger partial charge in [0.15, 0.2) is 0 Å². The van der Waals surface area contributed by atoms with E-state index in [-0.39, 0.29) is 6.61 Å². The van der Waals surface area contributed by atoms with Crippen molar-refractivity contribution in [2.24, 2.45) is 5.73 Å². The Bertz CT molecular complexity index is 709. The van der Waals surface area contributed by atoms with Gasteiger partial charge in [-0.1, -0.05) is 12.1 Å². The highest BCUT2D eigenvalue weighted by Gasteiger charge is 2.14. The minimum Gasteiger partial charge on any atom is -0.497 e. The van der Waals surface area contributed by atoms with Gasteiger partial charge in [0, 0.05) is 11.6 Å². The van der Waals surface area contributed by atoms with Crippen LogP contribution in [0.1, 0.15) is 26.3 Å². The molecule has 1 amide bonds. The first-order valence-electron chi connectivity index (χ1n) is 6.83. The van der Waals surface area contributed by atoms with E-state index in [0.717, 1.165) is 5.56 Å². The topological polar surface area (TPSA) is 87.8 Å². The number of hydrogen-bond acceptors (Lipinski definition) is 5. The Balaban J connectivity index is 2.18. The molecule has 6 heteroatoms. The smallest absolute Gasteiger partial charge is 0.341 e. The molecule has 2 aromatic carbocycles. The standard InChI is InChI=1S/C17H17NO5/c1-21-13-7-8-14(17(20)22-2)15(9-13)23-10-11-3-5-12(6-4-11)16(18)19/h3-9H,10H2,1-2H3,(H2,18,19). The average molecular weight is 315 g/mol. The second-order valence-electron chi connectivity index (χ2n) is 4.70. The molecule has 0 heterocycles. The Morgan fingerprint density at radius 2 is 1.74 bits per heavy atom. The number of carbonyl (C=O) groups is 2. The quantitative estimate of drug-likeness (QED) is 0.825. The minimum atomic E-state index is -0.494. The van der Waals surface area contributed by atoms with Crippen molar-refractivity contribution in [1.29, 1.82) is 0 Å². The molecule has 0 aliphatic carbocycles. The highest BCUT2D eigenvalue weighted by molar-refractivity contribution is 5.93. The molecule has 2 aromatic rings. The summed E-state index contributed by atoms with van der Waals surface area (Å²) in [5.41, 5.74) is 6.75. The van der Waals surface area contributed by atoms with Crippen molar-refractivity contribution < 1.29 is 23.8 Å². The van der Waals surface area contributed by atoms with Crippen molar-refractivity contribution in [2.75, 3.05) is 14.2 Å². The van der Waals surface area contributed by atoms with Gasteiger partial charge in [0.1, 0.15) is 23.7 Å². The van der Waals surface area contributed by atoms with Crippen LogP contribution in [0.3, 0.4) is 0 Å². The summed E-state index contributed by atoms with van der Waals surface area (Å²) in [7, 11) is 2.83. The fourth-order valence-electron chi connectivity index (χ4n) is 1.95. The molecule has 23 heavy (non-hydrogen) atoms. The van der Waals surface area contributed by atoms with E-state index in [1.165, 1.54) is 14.2 Å². The van der Waals surface area contributed by atoms with E-state index in [1.807, 2.05) is 0 Å². The minimum absolute atomic E-state index is 0.218. The molecular formula is C17H17NO5. The average Bonchev–Trinajstić information content (AvgIpc) is 2.59. The van der Waals surface area contributed by atoms with Gasteiger partial charge in [-0.15, -0.1) is 0 Å². The summed E-state index contributed by atoms with van der Waals surface area (Å²) in [4.78, 5) is 22.8. The molecule has 0 bridgehead atoms. The van der Waals surface area contributed by atoms with Crippen molar-refractivity contribution in [3.8, 4) is 11.5 Å². The third-order valence-corrected chi connectivity index (χ3v) is 3.23. The highest BCUT2D eigenvalue weighted by Crippen LogP contribution is 2.26. The van der Waals surface area contributed by atoms with Crippen LogP contribution in [0.15, 0.2) is 42.5 Å². The summed E-state index contributed by atoms with van der Waals surface area (Å²) >= 11 is 0. The van der Waals surface area contributed by atoms with Crippen molar-refractivity contribution in [2.45, 2.75) is 6.61 Å². The fourth-order valence-corrected chi connectivity index (χ4v) is 1.95. The number of hydrogen-bond donors (Lipinski definition) is 1. The van der Waals surface area contributed by atoms with Crippen LogP contribution in [0.5, 0.6) is 11.5 Å².